The molecule has 0 spiro atoms. The van der Waals surface area contributed by atoms with Crippen molar-refractivity contribution in [3.05, 3.63) is 11.8 Å². The zero-order valence-electron chi connectivity index (χ0n) is 13.8. The van der Waals surface area contributed by atoms with Gasteiger partial charge in [0.05, 0.1) is 6.20 Å². The molecule has 0 aromatic carbocycles. The van der Waals surface area contributed by atoms with Crippen LogP contribution < -0.4 is 5.32 Å². The summed E-state index contributed by atoms with van der Waals surface area (Å²) in [6.45, 7) is 12.8. The molecule has 7 heteroatoms. The minimum absolute atomic E-state index is 0.0911. The fourth-order valence-corrected chi connectivity index (χ4v) is 3.93. The summed E-state index contributed by atoms with van der Waals surface area (Å²) >= 11 is 0. The fraction of sp³-hybridized carbons (Fsp3) is 0.786. The molecule has 0 saturated carbocycles. The number of hydrogen-bond donors (Lipinski definition) is 2. The molecule has 0 unspecified atom stereocenters. The molecular formula is C14H28N4O2S. The van der Waals surface area contributed by atoms with E-state index >= 15 is 0 Å². The van der Waals surface area contributed by atoms with Crippen molar-refractivity contribution >= 4 is 10.0 Å². The molecule has 2 N–H and O–H groups in total. The highest BCUT2D eigenvalue weighted by Crippen LogP contribution is 2.21. The van der Waals surface area contributed by atoms with Gasteiger partial charge in [-0.3, -0.25) is 5.10 Å². The third-order valence-corrected chi connectivity index (χ3v) is 5.12. The van der Waals surface area contributed by atoms with E-state index in [9.17, 15) is 8.42 Å². The molecule has 1 rings (SSSR count). The molecule has 0 radical (unpaired) electrons. The van der Waals surface area contributed by atoms with Gasteiger partial charge in [-0.15, -0.1) is 0 Å². The van der Waals surface area contributed by atoms with Gasteiger partial charge in [0.2, 0.25) is 0 Å². The SMILES string of the molecule is CC(C)CN(C(C)C)S(=O)(=O)c1[nH]ncc1CNC(C)C. The first-order valence-corrected chi connectivity index (χ1v) is 8.87. The van der Waals surface area contributed by atoms with Crippen molar-refractivity contribution in [2.45, 2.75) is 65.2 Å². The smallest absolute Gasteiger partial charge is 0.260 e. The minimum atomic E-state index is -3.56. The van der Waals surface area contributed by atoms with Crippen LogP contribution in [0.2, 0.25) is 0 Å². The Bertz CT molecular complexity index is 535. The van der Waals surface area contributed by atoms with Crippen LogP contribution in [0.1, 0.15) is 47.1 Å². The van der Waals surface area contributed by atoms with E-state index in [4.69, 9.17) is 0 Å². The molecule has 21 heavy (non-hydrogen) atoms. The normalized spacial score (nSPS) is 13.0. The minimum Gasteiger partial charge on any atom is -0.310 e. The van der Waals surface area contributed by atoms with Crippen LogP contribution in [0.5, 0.6) is 0 Å². The number of nitrogens with zero attached hydrogens (tertiary/aromatic N) is 2. The van der Waals surface area contributed by atoms with E-state index in [0.29, 0.717) is 18.7 Å². The molecule has 0 atom stereocenters. The summed E-state index contributed by atoms with van der Waals surface area (Å²) in [5.41, 5.74) is 0.679. The fourth-order valence-electron chi connectivity index (χ4n) is 2.03. The predicted octanol–water partition coefficient (Wildman–Crippen LogP) is 1.96. The Labute approximate surface area is 128 Å². The predicted molar refractivity (Wildman–Crippen MR) is 84.4 cm³/mol. The van der Waals surface area contributed by atoms with Crippen molar-refractivity contribution in [1.29, 1.82) is 0 Å². The Hall–Kier alpha value is -0.920. The average molecular weight is 316 g/mol. The zero-order valence-corrected chi connectivity index (χ0v) is 14.7. The maximum Gasteiger partial charge on any atom is 0.260 e. The maximum atomic E-state index is 12.9. The number of nitrogens with one attached hydrogen (secondary N) is 2. The number of rotatable bonds is 8. The Kier molecular flexibility index (Phi) is 6.37. The standard InChI is InChI=1S/C14H28N4O2S/c1-10(2)9-18(12(5)6)21(19,20)14-13(8-16-17-14)7-15-11(3)4/h8,10-12,15H,7,9H2,1-6H3,(H,16,17). The lowest BCUT2D eigenvalue weighted by Crippen LogP contribution is -2.40. The van der Waals surface area contributed by atoms with Crippen molar-refractivity contribution in [2.75, 3.05) is 6.54 Å². The topological polar surface area (TPSA) is 78.1 Å². The third-order valence-electron chi connectivity index (χ3n) is 3.07. The van der Waals surface area contributed by atoms with Gasteiger partial charge in [0.25, 0.3) is 10.0 Å². The first kappa shape index (κ1) is 18.1. The molecule has 0 aliphatic heterocycles. The first-order valence-electron chi connectivity index (χ1n) is 7.43. The molecule has 0 bridgehead atoms. The van der Waals surface area contributed by atoms with Gasteiger partial charge in [0.15, 0.2) is 5.03 Å². The number of sulfonamides is 1. The molecule has 1 aromatic heterocycles. The average Bonchev–Trinajstić information content (AvgIpc) is 2.81. The molecular weight excluding hydrogens is 288 g/mol. The summed E-state index contributed by atoms with van der Waals surface area (Å²) in [5.74, 6) is 0.266. The lowest BCUT2D eigenvalue weighted by molar-refractivity contribution is 0.317. The largest absolute Gasteiger partial charge is 0.310 e. The molecule has 122 valence electrons. The van der Waals surface area contributed by atoms with Gasteiger partial charge in [-0.2, -0.15) is 9.40 Å². The van der Waals surface area contributed by atoms with Gasteiger partial charge in [0, 0.05) is 30.7 Å². The second-order valence-electron chi connectivity index (χ2n) is 6.32. The van der Waals surface area contributed by atoms with Crippen molar-refractivity contribution < 1.29 is 8.42 Å². The van der Waals surface area contributed by atoms with Crippen molar-refractivity contribution in [1.82, 2.24) is 19.8 Å². The molecule has 6 nitrogen and oxygen atoms in total. The zero-order chi connectivity index (χ0) is 16.2. The quantitative estimate of drug-likeness (QED) is 0.768. The van der Waals surface area contributed by atoms with Crippen LogP contribution in [0.15, 0.2) is 11.2 Å². The van der Waals surface area contributed by atoms with Gasteiger partial charge >= 0.3 is 0 Å². The van der Waals surface area contributed by atoms with Crippen LogP contribution in [0, 0.1) is 5.92 Å². The summed E-state index contributed by atoms with van der Waals surface area (Å²) in [6, 6.07) is 0.193. The number of aromatic nitrogens is 2. The van der Waals surface area contributed by atoms with E-state index in [1.165, 1.54) is 4.31 Å². The van der Waals surface area contributed by atoms with Gasteiger partial charge < -0.3 is 5.32 Å². The highest BCUT2D eigenvalue weighted by Gasteiger charge is 2.31. The highest BCUT2D eigenvalue weighted by molar-refractivity contribution is 7.89. The van der Waals surface area contributed by atoms with Crippen LogP contribution in [0.3, 0.4) is 0 Å². The lowest BCUT2D eigenvalue weighted by atomic mass is 10.2. The van der Waals surface area contributed by atoms with Crippen LogP contribution in [-0.2, 0) is 16.6 Å². The molecule has 0 aliphatic carbocycles. The van der Waals surface area contributed by atoms with Gasteiger partial charge in [0.1, 0.15) is 0 Å². The van der Waals surface area contributed by atoms with Crippen LogP contribution in [0.4, 0.5) is 0 Å². The third kappa shape index (κ3) is 4.79. The van der Waals surface area contributed by atoms with E-state index in [-0.39, 0.29) is 23.0 Å². The second-order valence-corrected chi connectivity index (χ2v) is 8.15. The Balaban J connectivity index is 3.08. The van der Waals surface area contributed by atoms with E-state index in [2.05, 4.69) is 15.5 Å². The summed E-state index contributed by atoms with van der Waals surface area (Å²) in [5, 5.41) is 10.0. The van der Waals surface area contributed by atoms with E-state index in [1.807, 2.05) is 41.5 Å². The molecule has 0 saturated heterocycles. The van der Waals surface area contributed by atoms with Gasteiger partial charge in [-0.05, 0) is 19.8 Å². The maximum absolute atomic E-state index is 12.9. The van der Waals surface area contributed by atoms with Crippen LogP contribution in [0.25, 0.3) is 0 Å². The molecule has 0 amide bonds. The number of H-pyrrole nitrogens is 1. The molecule has 0 aliphatic rings. The number of hydrogen-bond acceptors (Lipinski definition) is 4. The monoisotopic (exact) mass is 316 g/mol. The Morgan fingerprint density at radius 2 is 1.86 bits per heavy atom. The molecule has 1 heterocycles. The van der Waals surface area contributed by atoms with Crippen LogP contribution in [-0.4, -0.2) is 41.5 Å². The number of aromatic amines is 1. The van der Waals surface area contributed by atoms with E-state index in [0.717, 1.165) is 0 Å². The van der Waals surface area contributed by atoms with Crippen molar-refractivity contribution in [3.8, 4) is 0 Å². The summed E-state index contributed by atoms with van der Waals surface area (Å²) in [7, 11) is -3.56. The first-order chi connectivity index (χ1) is 9.66. The second kappa shape index (κ2) is 7.38. The van der Waals surface area contributed by atoms with E-state index in [1.54, 1.807) is 6.20 Å². The summed E-state index contributed by atoms with van der Waals surface area (Å²) < 4.78 is 27.3. The van der Waals surface area contributed by atoms with Gasteiger partial charge in [-0.25, -0.2) is 8.42 Å². The van der Waals surface area contributed by atoms with Gasteiger partial charge in [-0.1, -0.05) is 27.7 Å². The van der Waals surface area contributed by atoms with Crippen LogP contribution >= 0.6 is 0 Å². The summed E-state index contributed by atoms with van der Waals surface area (Å²) in [4.78, 5) is 0. The van der Waals surface area contributed by atoms with Crippen molar-refractivity contribution in [3.63, 3.8) is 0 Å². The molecule has 1 aromatic rings. The Morgan fingerprint density at radius 1 is 1.24 bits per heavy atom. The Morgan fingerprint density at radius 3 is 2.33 bits per heavy atom. The van der Waals surface area contributed by atoms with Crippen molar-refractivity contribution in [2.24, 2.45) is 5.92 Å². The molecule has 0 fully saturated rings. The highest BCUT2D eigenvalue weighted by atomic mass is 32.2. The summed E-state index contributed by atoms with van der Waals surface area (Å²) in [6.07, 6.45) is 1.58. The lowest BCUT2D eigenvalue weighted by Gasteiger charge is -2.27. The van der Waals surface area contributed by atoms with E-state index < -0.39 is 10.0 Å².